The van der Waals surface area contributed by atoms with Gasteiger partial charge in [0.25, 0.3) is 0 Å². The van der Waals surface area contributed by atoms with Crippen LogP contribution in [-0.2, 0) is 11.3 Å². The number of fused-ring (bicyclic) bond motifs is 1. The molecule has 0 bridgehead atoms. The van der Waals surface area contributed by atoms with Gasteiger partial charge in [-0.2, -0.15) is 4.98 Å². The number of benzene rings is 1. The van der Waals surface area contributed by atoms with Crippen molar-refractivity contribution in [2.75, 3.05) is 26.2 Å². The maximum absolute atomic E-state index is 11.7. The molecule has 1 fully saturated rings. The van der Waals surface area contributed by atoms with Crippen molar-refractivity contribution in [3.05, 3.63) is 58.7 Å². The number of nitrogens with zero attached hydrogens (tertiary/aromatic N) is 6. The SMILES string of the molecule is CC(=O)N1CCN(Cc2c(-c3ccc(Cl)cc3Cl)nc3ccc(-c4ncon4)cn23)CC1. The Labute approximate surface area is 194 Å². The number of hydrogen-bond donors (Lipinski definition) is 0. The normalized spacial score (nSPS) is 14.9. The number of aromatic nitrogens is 4. The molecule has 164 valence electrons. The first-order chi connectivity index (χ1) is 15.5. The lowest BCUT2D eigenvalue weighted by atomic mass is 10.1. The first-order valence-electron chi connectivity index (χ1n) is 10.2. The minimum Gasteiger partial charge on any atom is -0.342 e. The molecule has 4 aromatic rings. The summed E-state index contributed by atoms with van der Waals surface area (Å²) in [5, 5.41) is 5.07. The predicted molar refractivity (Wildman–Crippen MR) is 121 cm³/mol. The minimum absolute atomic E-state index is 0.109. The van der Waals surface area contributed by atoms with Crippen LogP contribution in [0.2, 0.25) is 10.0 Å². The smallest absolute Gasteiger partial charge is 0.219 e. The molecule has 10 heteroatoms. The van der Waals surface area contributed by atoms with Crippen molar-refractivity contribution in [2.45, 2.75) is 13.5 Å². The maximum atomic E-state index is 11.7. The third-order valence-corrected chi connectivity index (χ3v) is 6.26. The number of rotatable bonds is 4. The zero-order chi connectivity index (χ0) is 22.2. The molecule has 0 spiro atoms. The van der Waals surface area contributed by atoms with E-state index in [0.717, 1.165) is 41.3 Å². The summed E-state index contributed by atoms with van der Waals surface area (Å²) in [5.74, 6) is 0.616. The van der Waals surface area contributed by atoms with E-state index in [1.165, 1.54) is 6.39 Å². The number of amides is 1. The summed E-state index contributed by atoms with van der Waals surface area (Å²) in [5.41, 5.74) is 4.21. The van der Waals surface area contributed by atoms with Crippen molar-refractivity contribution >= 4 is 34.8 Å². The summed E-state index contributed by atoms with van der Waals surface area (Å²) < 4.78 is 6.95. The zero-order valence-electron chi connectivity index (χ0n) is 17.3. The average Bonchev–Trinajstić information content (AvgIpc) is 3.43. The molecule has 0 atom stereocenters. The number of halogens is 2. The van der Waals surface area contributed by atoms with Crippen molar-refractivity contribution in [1.82, 2.24) is 29.3 Å². The molecular weight excluding hydrogens is 451 g/mol. The van der Waals surface area contributed by atoms with Crippen LogP contribution >= 0.6 is 23.2 Å². The molecule has 32 heavy (non-hydrogen) atoms. The van der Waals surface area contributed by atoms with Gasteiger partial charge in [-0.05, 0) is 30.3 Å². The number of hydrogen-bond acceptors (Lipinski definition) is 6. The fraction of sp³-hybridized carbons (Fsp3) is 0.273. The number of carbonyl (C=O) groups excluding carboxylic acids is 1. The molecule has 0 N–H and O–H groups in total. The Kier molecular flexibility index (Phi) is 5.58. The second-order valence-corrected chi connectivity index (χ2v) is 8.56. The number of carbonyl (C=O) groups is 1. The van der Waals surface area contributed by atoms with Crippen LogP contribution in [0.1, 0.15) is 12.6 Å². The Bertz CT molecular complexity index is 1280. The Morgan fingerprint density at radius 1 is 1.12 bits per heavy atom. The van der Waals surface area contributed by atoms with E-state index in [0.29, 0.717) is 35.5 Å². The van der Waals surface area contributed by atoms with Crippen LogP contribution in [0.25, 0.3) is 28.3 Å². The lowest BCUT2D eigenvalue weighted by molar-refractivity contribution is -0.130. The molecule has 1 aliphatic heterocycles. The van der Waals surface area contributed by atoms with Gasteiger partial charge < -0.3 is 13.8 Å². The van der Waals surface area contributed by atoms with Gasteiger partial charge in [-0.1, -0.05) is 28.4 Å². The molecule has 1 saturated heterocycles. The van der Waals surface area contributed by atoms with Gasteiger partial charge in [0.05, 0.1) is 16.4 Å². The number of imidazole rings is 1. The predicted octanol–water partition coefficient (Wildman–Crippen LogP) is 4.02. The van der Waals surface area contributed by atoms with E-state index < -0.39 is 0 Å². The second-order valence-electron chi connectivity index (χ2n) is 7.71. The van der Waals surface area contributed by atoms with E-state index in [1.807, 2.05) is 39.8 Å². The summed E-state index contributed by atoms with van der Waals surface area (Å²) in [6, 6.07) is 9.27. The lowest BCUT2D eigenvalue weighted by Crippen LogP contribution is -2.47. The highest BCUT2D eigenvalue weighted by molar-refractivity contribution is 6.36. The molecule has 0 saturated carbocycles. The van der Waals surface area contributed by atoms with E-state index >= 15 is 0 Å². The van der Waals surface area contributed by atoms with Crippen molar-refractivity contribution in [2.24, 2.45) is 0 Å². The monoisotopic (exact) mass is 470 g/mol. The van der Waals surface area contributed by atoms with E-state index in [-0.39, 0.29) is 5.91 Å². The van der Waals surface area contributed by atoms with E-state index in [2.05, 4.69) is 15.0 Å². The third-order valence-electron chi connectivity index (χ3n) is 5.71. The van der Waals surface area contributed by atoms with Gasteiger partial charge in [0.15, 0.2) is 0 Å². The fourth-order valence-corrected chi connectivity index (χ4v) is 4.50. The molecular formula is C22H20Cl2N6O2. The highest BCUT2D eigenvalue weighted by atomic mass is 35.5. The summed E-state index contributed by atoms with van der Waals surface area (Å²) in [6.07, 6.45) is 3.27. The van der Waals surface area contributed by atoms with Crippen LogP contribution < -0.4 is 0 Å². The van der Waals surface area contributed by atoms with Crippen LogP contribution in [0, 0.1) is 0 Å². The standard InChI is InChI=1S/C22H20Cl2N6O2/c1-14(31)29-8-6-28(7-9-29)12-19-21(17-4-3-16(23)10-18(17)24)26-20-5-2-15(11-30(19)20)22-25-13-32-27-22/h2-5,10-11,13H,6-9,12H2,1H3. The molecule has 0 unspecified atom stereocenters. The maximum Gasteiger partial charge on any atom is 0.219 e. The summed E-state index contributed by atoms with van der Waals surface area (Å²) in [7, 11) is 0. The van der Waals surface area contributed by atoms with Crippen LogP contribution in [0.5, 0.6) is 0 Å². The molecule has 5 rings (SSSR count). The molecule has 1 aliphatic rings. The number of pyridine rings is 1. The van der Waals surface area contributed by atoms with Crippen LogP contribution in [0.3, 0.4) is 0 Å². The first kappa shape index (κ1) is 20.9. The second kappa shape index (κ2) is 8.54. The molecule has 1 amide bonds. The summed E-state index contributed by atoms with van der Waals surface area (Å²) in [4.78, 5) is 24.9. The highest BCUT2D eigenvalue weighted by Crippen LogP contribution is 2.34. The van der Waals surface area contributed by atoms with Gasteiger partial charge in [-0.25, -0.2) is 4.98 Å². The Morgan fingerprint density at radius 3 is 2.62 bits per heavy atom. The largest absolute Gasteiger partial charge is 0.342 e. The average molecular weight is 471 g/mol. The van der Waals surface area contributed by atoms with Crippen LogP contribution in [0.4, 0.5) is 0 Å². The molecule has 3 aromatic heterocycles. The third kappa shape index (κ3) is 3.97. The molecule has 4 heterocycles. The minimum atomic E-state index is 0.109. The molecule has 1 aromatic carbocycles. The quantitative estimate of drug-likeness (QED) is 0.448. The Hall–Kier alpha value is -2.94. The Morgan fingerprint density at radius 2 is 1.94 bits per heavy atom. The van der Waals surface area contributed by atoms with Crippen LogP contribution in [-0.4, -0.2) is 61.4 Å². The van der Waals surface area contributed by atoms with Crippen molar-refractivity contribution < 1.29 is 9.32 Å². The fourth-order valence-electron chi connectivity index (χ4n) is 4.00. The lowest BCUT2D eigenvalue weighted by Gasteiger charge is -2.34. The van der Waals surface area contributed by atoms with Crippen molar-refractivity contribution in [3.63, 3.8) is 0 Å². The molecule has 0 aliphatic carbocycles. The van der Waals surface area contributed by atoms with E-state index in [4.69, 9.17) is 32.7 Å². The number of piperazine rings is 1. The Balaban J connectivity index is 1.58. The van der Waals surface area contributed by atoms with E-state index in [1.54, 1.807) is 13.0 Å². The van der Waals surface area contributed by atoms with E-state index in [9.17, 15) is 4.79 Å². The van der Waals surface area contributed by atoms with Gasteiger partial charge in [0, 0.05) is 62.0 Å². The summed E-state index contributed by atoms with van der Waals surface area (Å²) in [6.45, 7) is 5.24. The van der Waals surface area contributed by atoms with Crippen molar-refractivity contribution in [1.29, 1.82) is 0 Å². The molecule has 0 radical (unpaired) electrons. The van der Waals surface area contributed by atoms with Gasteiger partial charge in [-0.15, -0.1) is 0 Å². The summed E-state index contributed by atoms with van der Waals surface area (Å²) >= 11 is 12.7. The van der Waals surface area contributed by atoms with Gasteiger partial charge >= 0.3 is 0 Å². The van der Waals surface area contributed by atoms with Crippen molar-refractivity contribution in [3.8, 4) is 22.6 Å². The molecule has 8 nitrogen and oxygen atoms in total. The first-order valence-corrected chi connectivity index (χ1v) is 11.0. The topological polar surface area (TPSA) is 79.8 Å². The van der Waals surface area contributed by atoms with Gasteiger partial charge in [-0.3, -0.25) is 9.69 Å². The van der Waals surface area contributed by atoms with Crippen LogP contribution in [0.15, 0.2) is 47.4 Å². The van der Waals surface area contributed by atoms with Gasteiger partial charge in [0.2, 0.25) is 18.1 Å². The zero-order valence-corrected chi connectivity index (χ0v) is 18.8. The van der Waals surface area contributed by atoms with Gasteiger partial charge in [0.1, 0.15) is 5.65 Å². The highest BCUT2D eigenvalue weighted by Gasteiger charge is 2.23.